The highest BCUT2D eigenvalue weighted by Crippen LogP contribution is 2.18. The van der Waals surface area contributed by atoms with Gasteiger partial charge in [0.25, 0.3) is 0 Å². The summed E-state index contributed by atoms with van der Waals surface area (Å²) in [5, 5.41) is 2.97. The predicted molar refractivity (Wildman–Crippen MR) is 102 cm³/mol. The normalized spacial score (nSPS) is 16.8. The number of hydrogen-bond acceptors (Lipinski definition) is 3. The molecule has 1 fully saturated rings. The third-order valence-corrected chi connectivity index (χ3v) is 4.64. The molecule has 0 aromatic heterocycles. The molecule has 1 N–H and O–H groups in total. The van der Waals surface area contributed by atoms with E-state index in [0.29, 0.717) is 26.1 Å². The molecule has 0 spiro atoms. The third kappa shape index (κ3) is 5.90. The molecule has 1 aromatic rings. The fourth-order valence-corrected chi connectivity index (χ4v) is 3.06. The molecule has 1 heterocycles. The molecule has 1 aliphatic rings. The van der Waals surface area contributed by atoms with E-state index in [9.17, 15) is 9.59 Å². The van der Waals surface area contributed by atoms with E-state index in [1.54, 1.807) is 11.2 Å². The zero-order chi connectivity index (χ0) is 18.8. The zero-order valence-corrected chi connectivity index (χ0v) is 15.9. The summed E-state index contributed by atoms with van der Waals surface area (Å²) in [5.74, 6) is -0.0814. The number of hydrogen-bond donors (Lipinski definition) is 1. The number of nitrogens with zero attached hydrogens (tertiary/aromatic N) is 1. The summed E-state index contributed by atoms with van der Waals surface area (Å²) in [6.45, 7) is 5.63. The number of rotatable bonds is 9. The summed E-state index contributed by atoms with van der Waals surface area (Å²) < 4.78 is 5.30. The zero-order valence-electron chi connectivity index (χ0n) is 15.9. The van der Waals surface area contributed by atoms with Crippen LogP contribution in [0.15, 0.2) is 36.6 Å². The van der Waals surface area contributed by atoms with Crippen molar-refractivity contribution in [2.75, 3.05) is 13.2 Å². The number of amides is 2. The van der Waals surface area contributed by atoms with Gasteiger partial charge in [-0.3, -0.25) is 9.59 Å². The van der Waals surface area contributed by atoms with E-state index in [4.69, 9.17) is 4.74 Å². The van der Waals surface area contributed by atoms with Gasteiger partial charge in [0.15, 0.2) is 0 Å². The highest BCUT2D eigenvalue weighted by molar-refractivity contribution is 5.88. The molecule has 26 heavy (non-hydrogen) atoms. The molecule has 1 atom stereocenters. The molecule has 5 heteroatoms. The first-order valence-electron chi connectivity index (χ1n) is 9.57. The molecule has 1 unspecified atom stereocenters. The Morgan fingerprint density at radius 1 is 1.23 bits per heavy atom. The van der Waals surface area contributed by atoms with Crippen molar-refractivity contribution in [3.63, 3.8) is 0 Å². The Balaban J connectivity index is 1.80. The van der Waals surface area contributed by atoms with Crippen LogP contribution < -0.4 is 5.32 Å². The molecule has 1 aliphatic heterocycles. The Labute approximate surface area is 156 Å². The summed E-state index contributed by atoms with van der Waals surface area (Å²) in [5.41, 5.74) is 2.35. The van der Waals surface area contributed by atoms with Gasteiger partial charge in [0.2, 0.25) is 11.8 Å². The van der Waals surface area contributed by atoms with Gasteiger partial charge in [0.1, 0.15) is 6.04 Å². The minimum Gasteiger partial charge on any atom is -0.501 e. The Hall–Kier alpha value is -2.30. The second-order valence-corrected chi connectivity index (χ2v) is 6.53. The lowest BCUT2D eigenvalue weighted by Crippen LogP contribution is -2.45. The average molecular weight is 358 g/mol. The number of likely N-dealkylation sites (tertiary alicyclic amines) is 1. The van der Waals surface area contributed by atoms with E-state index in [-0.39, 0.29) is 17.9 Å². The predicted octanol–water partition coefficient (Wildman–Crippen LogP) is 3.19. The first-order chi connectivity index (χ1) is 12.7. The Morgan fingerprint density at radius 2 is 1.96 bits per heavy atom. The van der Waals surface area contributed by atoms with Crippen molar-refractivity contribution in [1.29, 1.82) is 0 Å². The van der Waals surface area contributed by atoms with Crippen LogP contribution in [0.2, 0.25) is 0 Å². The Bertz CT molecular complexity index is 610. The highest BCUT2D eigenvalue weighted by Gasteiger charge is 2.33. The van der Waals surface area contributed by atoms with Crippen LogP contribution in [0.1, 0.15) is 50.7 Å². The summed E-state index contributed by atoms with van der Waals surface area (Å²) in [4.78, 5) is 26.6. The lowest BCUT2D eigenvalue weighted by atomic mass is 10.1. The van der Waals surface area contributed by atoms with E-state index < -0.39 is 0 Å². The van der Waals surface area contributed by atoms with Crippen molar-refractivity contribution in [1.82, 2.24) is 10.2 Å². The molecule has 142 valence electrons. The van der Waals surface area contributed by atoms with Crippen molar-refractivity contribution in [3.8, 4) is 0 Å². The molecule has 1 aromatic carbocycles. The minimum absolute atomic E-state index is 0.0140. The summed E-state index contributed by atoms with van der Waals surface area (Å²) in [6.07, 6.45) is 7.34. The Morgan fingerprint density at radius 3 is 2.65 bits per heavy atom. The van der Waals surface area contributed by atoms with Crippen LogP contribution in [-0.2, 0) is 27.3 Å². The fourth-order valence-electron chi connectivity index (χ4n) is 3.06. The topological polar surface area (TPSA) is 58.6 Å². The van der Waals surface area contributed by atoms with Crippen molar-refractivity contribution in [2.24, 2.45) is 0 Å². The number of carbonyl (C=O) groups is 2. The van der Waals surface area contributed by atoms with Crippen LogP contribution in [0.5, 0.6) is 0 Å². The number of ether oxygens (including phenoxy) is 1. The molecular formula is C21H30N2O3. The molecule has 2 rings (SSSR count). The largest absolute Gasteiger partial charge is 0.501 e. The van der Waals surface area contributed by atoms with Crippen LogP contribution in [0, 0.1) is 0 Å². The van der Waals surface area contributed by atoms with Gasteiger partial charge in [-0.1, -0.05) is 44.2 Å². The molecular weight excluding hydrogens is 328 g/mol. The van der Waals surface area contributed by atoms with Crippen LogP contribution >= 0.6 is 0 Å². The highest BCUT2D eigenvalue weighted by atomic mass is 16.5. The van der Waals surface area contributed by atoms with E-state index in [1.807, 2.05) is 25.1 Å². The number of aryl methyl sites for hydroxylation is 1. The number of allylic oxidation sites excluding steroid dienone is 1. The average Bonchev–Trinajstić information content (AvgIpc) is 3.16. The van der Waals surface area contributed by atoms with Gasteiger partial charge in [0, 0.05) is 13.1 Å². The van der Waals surface area contributed by atoms with Crippen LogP contribution in [-0.4, -0.2) is 35.9 Å². The van der Waals surface area contributed by atoms with Gasteiger partial charge in [0.05, 0.1) is 19.3 Å². The second-order valence-electron chi connectivity index (χ2n) is 6.53. The molecule has 5 nitrogen and oxygen atoms in total. The van der Waals surface area contributed by atoms with Crippen LogP contribution in [0.25, 0.3) is 0 Å². The summed E-state index contributed by atoms with van der Waals surface area (Å²) in [7, 11) is 0. The molecule has 1 saturated heterocycles. The van der Waals surface area contributed by atoms with Crippen molar-refractivity contribution >= 4 is 11.8 Å². The van der Waals surface area contributed by atoms with Gasteiger partial charge in [-0.2, -0.15) is 0 Å². The monoisotopic (exact) mass is 358 g/mol. The third-order valence-electron chi connectivity index (χ3n) is 4.64. The fraction of sp³-hybridized carbons (Fsp3) is 0.524. The maximum atomic E-state index is 12.5. The van der Waals surface area contributed by atoms with Gasteiger partial charge < -0.3 is 15.0 Å². The lowest BCUT2D eigenvalue weighted by Gasteiger charge is -2.24. The lowest BCUT2D eigenvalue weighted by molar-refractivity contribution is -0.139. The van der Waals surface area contributed by atoms with E-state index in [2.05, 4.69) is 24.4 Å². The first-order valence-corrected chi connectivity index (χ1v) is 9.57. The quantitative estimate of drug-likeness (QED) is 0.545. The maximum absolute atomic E-state index is 12.5. The minimum atomic E-state index is -0.358. The maximum Gasteiger partial charge on any atom is 0.243 e. The molecule has 0 saturated carbocycles. The number of nitrogens with one attached hydrogen (secondary N) is 1. The summed E-state index contributed by atoms with van der Waals surface area (Å²) in [6, 6.07) is 7.89. The van der Waals surface area contributed by atoms with Crippen LogP contribution in [0.4, 0.5) is 0 Å². The van der Waals surface area contributed by atoms with Crippen molar-refractivity contribution in [3.05, 3.63) is 47.7 Å². The standard InChI is InChI=1S/C21H30N2O3/c1-3-5-14-26-15-12-20(24)23-13-6-7-19(23)21(25)22-16-18-10-8-17(4-2)9-11-18/h5,8-11,14,19H,3-4,6-7,12-13,15-16H2,1-2H3,(H,22,25)/b14-5-. The SMILES string of the molecule is CC/C=C\OCCC(=O)N1CCCC1C(=O)NCc1ccc(CC)cc1. The number of carbonyl (C=O) groups excluding carboxylic acids is 2. The second kappa shape index (κ2) is 10.6. The number of benzene rings is 1. The molecule has 0 aliphatic carbocycles. The Kier molecular flexibility index (Phi) is 8.19. The van der Waals surface area contributed by atoms with E-state index >= 15 is 0 Å². The van der Waals surface area contributed by atoms with Crippen molar-refractivity contribution < 1.29 is 14.3 Å². The van der Waals surface area contributed by atoms with Crippen molar-refractivity contribution in [2.45, 2.75) is 58.5 Å². The van der Waals surface area contributed by atoms with Gasteiger partial charge >= 0.3 is 0 Å². The van der Waals surface area contributed by atoms with Crippen LogP contribution in [0.3, 0.4) is 0 Å². The smallest absolute Gasteiger partial charge is 0.243 e. The molecule has 2 amide bonds. The summed E-state index contributed by atoms with van der Waals surface area (Å²) >= 11 is 0. The van der Waals surface area contributed by atoms with Gasteiger partial charge in [-0.05, 0) is 36.8 Å². The first kappa shape index (κ1) is 20.0. The molecule has 0 bridgehead atoms. The van der Waals surface area contributed by atoms with E-state index in [1.165, 1.54) is 5.56 Å². The van der Waals surface area contributed by atoms with Gasteiger partial charge in [-0.25, -0.2) is 0 Å². The van der Waals surface area contributed by atoms with E-state index in [0.717, 1.165) is 31.2 Å². The van der Waals surface area contributed by atoms with Gasteiger partial charge in [-0.15, -0.1) is 0 Å². The molecule has 0 radical (unpaired) electrons.